The standard InChI is InChI=1S/C11H12N4OS2/c12-3-1-6-15(7-2-4-13)10(16)9-18-11-14-5-8-17-11/h5,8H,1-2,6-7,9H2. The minimum absolute atomic E-state index is 0.0549. The Balaban J connectivity index is 2.42. The Morgan fingerprint density at radius 2 is 2.06 bits per heavy atom. The third kappa shape index (κ3) is 5.17. The van der Waals surface area contributed by atoms with E-state index >= 15 is 0 Å². The maximum atomic E-state index is 11.9. The van der Waals surface area contributed by atoms with Gasteiger partial charge in [-0.15, -0.1) is 11.3 Å². The van der Waals surface area contributed by atoms with Gasteiger partial charge in [0.05, 0.1) is 30.7 Å². The van der Waals surface area contributed by atoms with Gasteiger partial charge in [0.25, 0.3) is 0 Å². The molecule has 0 aliphatic carbocycles. The van der Waals surface area contributed by atoms with Crippen LogP contribution in [0.4, 0.5) is 0 Å². The lowest BCUT2D eigenvalue weighted by Gasteiger charge is -2.19. The normalized spacial score (nSPS) is 9.44. The quantitative estimate of drug-likeness (QED) is 0.712. The summed E-state index contributed by atoms with van der Waals surface area (Å²) in [6.07, 6.45) is 2.28. The van der Waals surface area contributed by atoms with Crippen LogP contribution in [0.2, 0.25) is 0 Å². The Labute approximate surface area is 114 Å². The van der Waals surface area contributed by atoms with E-state index in [1.807, 2.05) is 17.5 Å². The molecule has 0 unspecified atom stereocenters. The van der Waals surface area contributed by atoms with Gasteiger partial charge in [-0.2, -0.15) is 10.5 Å². The lowest BCUT2D eigenvalue weighted by atomic mass is 10.3. The van der Waals surface area contributed by atoms with Crippen molar-refractivity contribution in [1.82, 2.24) is 9.88 Å². The fraction of sp³-hybridized carbons (Fsp3) is 0.455. The highest BCUT2D eigenvalue weighted by molar-refractivity contribution is 8.01. The zero-order chi connectivity index (χ0) is 13.2. The Morgan fingerprint density at radius 1 is 1.39 bits per heavy atom. The second kappa shape index (κ2) is 8.51. The van der Waals surface area contributed by atoms with Gasteiger partial charge < -0.3 is 4.90 Å². The number of carbonyl (C=O) groups excluding carboxylic acids is 1. The monoisotopic (exact) mass is 280 g/mol. The third-order valence-corrected chi connectivity index (χ3v) is 4.02. The van der Waals surface area contributed by atoms with Crippen LogP contribution in [0.1, 0.15) is 12.8 Å². The topological polar surface area (TPSA) is 80.8 Å². The zero-order valence-corrected chi connectivity index (χ0v) is 11.3. The van der Waals surface area contributed by atoms with Crippen LogP contribution in [0.5, 0.6) is 0 Å². The Hall–Kier alpha value is -1.57. The Bertz CT molecular complexity index is 429. The molecule has 1 rings (SSSR count). The van der Waals surface area contributed by atoms with E-state index in [0.29, 0.717) is 31.7 Å². The van der Waals surface area contributed by atoms with Gasteiger partial charge in [-0.05, 0) is 0 Å². The number of hydrogen-bond donors (Lipinski definition) is 0. The zero-order valence-electron chi connectivity index (χ0n) is 9.70. The number of thiazole rings is 1. The number of nitriles is 2. The number of amides is 1. The second-order valence-corrected chi connectivity index (χ2v) is 5.40. The van der Waals surface area contributed by atoms with E-state index in [-0.39, 0.29) is 5.91 Å². The highest BCUT2D eigenvalue weighted by Gasteiger charge is 2.13. The summed E-state index contributed by atoms with van der Waals surface area (Å²) in [5.41, 5.74) is 0. The predicted molar refractivity (Wildman–Crippen MR) is 69.9 cm³/mol. The molecule has 18 heavy (non-hydrogen) atoms. The van der Waals surface area contributed by atoms with E-state index in [9.17, 15) is 4.79 Å². The van der Waals surface area contributed by atoms with Crippen LogP contribution in [-0.4, -0.2) is 34.6 Å². The van der Waals surface area contributed by atoms with Gasteiger partial charge in [-0.3, -0.25) is 4.79 Å². The smallest absolute Gasteiger partial charge is 0.233 e. The van der Waals surface area contributed by atoms with E-state index in [2.05, 4.69) is 4.98 Å². The minimum Gasteiger partial charge on any atom is -0.340 e. The highest BCUT2D eigenvalue weighted by Crippen LogP contribution is 2.20. The number of aromatic nitrogens is 1. The lowest BCUT2D eigenvalue weighted by Crippen LogP contribution is -2.34. The van der Waals surface area contributed by atoms with E-state index in [4.69, 9.17) is 10.5 Å². The third-order valence-electron chi connectivity index (χ3n) is 2.07. The van der Waals surface area contributed by atoms with E-state index in [1.165, 1.54) is 23.1 Å². The highest BCUT2D eigenvalue weighted by atomic mass is 32.2. The molecule has 0 saturated carbocycles. The van der Waals surface area contributed by atoms with Gasteiger partial charge in [0.1, 0.15) is 4.34 Å². The lowest BCUT2D eigenvalue weighted by molar-refractivity contribution is -0.128. The van der Waals surface area contributed by atoms with Crippen molar-refractivity contribution in [2.75, 3.05) is 18.8 Å². The van der Waals surface area contributed by atoms with Crippen LogP contribution in [0.15, 0.2) is 15.9 Å². The molecule has 94 valence electrons. The molecule has 0 atom stereocenters. The van der Waals surface area contributed by atoms with E-state index < -0.39 is 0 Å². The molecule has 5 nitrogen and oxygen atoms in total. The molecule has 0 spiro atoms. The maximum Gasteiger partial charge on any atom is 0.233 e. The van der Waals surface area contributed by atoms with Crippen LogP contribution in [0.3, 0.4) is 0 Å². The number of carbonyl (C=O) groups is 1. The van der Waals surface area contributed by atoms with Crippen LogP contribution in [0.25, 0.3) is 0 Å². The van der Waals surface area contributed by atoms with E-state index in [0.717, 1.165) is 4.34 Å². The summed E-state index contributed by atoms with van der Waals surface area (Å²) in [5.74, 6) is 0.241. The fourth-order valence-electron chi connectivity index (χ4n) is 1.23. The number of thioether (sulfide) groups is 1. The summed E-state index contributed by atoms with van der Waals surface area (Å²) < 4.78 is 0.851. The molecule has 1 amide bonds. The van der Waals surface area contributed by atoms with Crippen LogP contribution >= 0.6 is 23.1 Å². The van der Waals surface area contributed by atoms with Crippen molar-refractivity contribution in [3.63, 3.8) is 0 Å². The first kappa shape index (κ1) is 14.5. The first-order chi connectivity index (χ1) is 8.77. The first-order valence-electron chi connectivity index (χ1n) is 5.32. The average molecular weight is 280 g/mol. The van der Waals surface area contributed by atoms with Gasteiger partial charge in [0.15, 0.2) is 0 Å². The van der Waals surface area contributed by atoms with Gasteiger partial charge in [0, 0.05) is 24.7 Å². The summed E-state index contributed by atoms with van der Waals surface area (Å²) in [6.45, 7) is 0.769. The molecule has 1 aromatic rings. The average Bonchev–Trinajstić information content (AvgIpc) is 2.89. The summed E-state index contributed by atoms with van der Waals surface area (Å²) in [5, 5.41) is 18.9. The Kier molecular flexibility index (Phi) is 6.85. The molecule has 0 bridgehead atoms. The molecule has 7 heteroatoms. The first-order valence-corrected chi connectivity index (χ1v) is 7.18. The molecule has 1 heterocycles. The van der Waals surface area contributed by atoms with Gasteiger partial charge in [-0.25, -0.2) is 4.98 Å². The van der Waals surface area contributed by atoms with Crippen LogP contribution in [-0.2, 0) is 4.79 Å². The number of hydrogen-bond acceptors (Lipinski definition) is 6. The van der Waals surface area contributed by atoms with Crippen molar-refractivity contribution < 1.29 is 4.79 Å². The van der Waals surface area contributed by atoms with Crippen molar-refractivity contribution in [3.8, 4) is 12.1 Å². The van der Waals surface area contributed by atoms with Gasteiger partial charge >= 0.3 is 0 Å². The molecule has 0 aromatic carbocycles. The van der Waals surface area contributed by atoms with Gasteiger partial charge in [-0.1, -0.05) is 11.8 Å². The molecule has 0 fully saturated rings. The summed E-state index contributed by atoms with van der Waals surface area (Å²) in [6, 6.07) is 4.01. The largest absolute Gasteiger partial charge is 0.340 e. The number of nitrogens with zero attached hydrogens (tertiary/aromatic N) is 4. The van der Waals surface area contributed by atoms with Crippen LogP contribution in [0, 0.1) is 22.7 Å². The SMILES string of the molecule is N#CCCN(CCC#N)C(=O)CSc1nccs1. The number of rotatable bonds is 7. The molecule has 0 aliphatic rings. The van der Waals surface area contributed by atoms with Gasteiger partial charge in [0.2, 0.25) is 5.91 Å². The molecular weight excluding hydrogens is 268 g/mol. The summed E-state index contributed by atoms with van der Waals surface area (Å²) in [7, 11) is 0. The van der Waals surface area contributed by atoms with Crippen LogP contribution < -0.4 is 0 Å². The Morgan fingerprint density at radius 3 is 2.56 bits per heavy atom. The minimum atomic E-state index is -0.0549. The molecule has 0 aliphatic heterocycles. The second-order valence-electron chi connectivity index (χ2n) is 3.28. The fourth-order valence-corrected chi connectivity index (χ4v) is 2.77. The van der Waals surface area contributed by atoms with Crippen molar-refractivity contribution in [2.45, 2.75) is 17.2 Å². The van der Waals surface area contributed by atoms with E-state index in [1.54, 1.807) is 11.1 Å². The molecule has 0 saturated heterocycles. The maximum absolute atomic E-state index is 11.9. The molecule has 0 N–H and O–H groups in total. The van der Waals surface area contributed by atoms with Crippen molar-refractivity contribution >= 4 is 29.0 Å². The molecular formula is C11H12N4OS2. The molecule has 0 radical (unpaired) electrons. The summed E-state index contributed by atoms with van der Waals surface area (Å²) >= 11 is 2.87. The van der Waals surface area contributed by atoms with Crippen molar-refractivity contribution in [1.29, 1.82) is 10.5 Å². The molecule has 1 aromatic heterocycles. The van der Waals surface area contributed by atoms with Crippen molar-refractivity contribution in [2.24, 2.45) is 0 Å². The van der Waals surface area contributed by atoms with Crippen molar-refractivity contribution in [3.05, 3.63) is 11.6 Å². The summed E-state index contributed by atoms with van der Waals surface area (Å²) in [4.78, 5) is 17.6. The predicted octanol–water partition coefficient (Wildman–Crippen LogP) is 1.89.